The van der Waals surface area contributed by atoms with Crippen LogP contribution in [0, 0.1) is 0 Å². The van der Waals surface area contributed by atoms with E-state index in [1.165, 1.54) is 38.3 Å². The fourth-order valence-electron chi connectivity index (χ4n) is 6.79. The van der Waals surface area contributed by atoms with Gasteiger partial charge >= 0.3 is 6.92 Å². The topological polar surface area (TPSA) is 17.4 Å². The SMILES string of the molecule is c1ccc(N2c3ccccc3B3Oc4ccccc4-c4c3c2cc2c4c3ccccc3n2-c2ccccc2)cc1. The summed E-state index contributed by atoms with van der Waals surface area (Å²) >= 11 is 0. The molecule has 0 saturated carbocycles. The van der Waals surface area contributed by atoms with Gasteiger partial charge in [0.2, 0.25) is 0 Å². The Balaban J connectivity index is 1.52. The average molecular weight is 510 g/mol. The number of hydrogen-bond donors (Lipinski definition) is 0. The number of fused-ring (bicyclic) bond motifs is 8. The molecule has 7 aromatic rings. The quantitative estimate of drug-likeness (QED) is 0.222. The minimum absolute atomic E-state index is 0.195. The monoisotopic (exact) mass is 510 g/mol. The molecule has 0 unspecified atom stereocenters. The second kappa shape index (κ2) is 8.14. The fourth-order valence-corrected chi connectivity index (χ4v) is 6.79. The molecule has 2 aliphatic rings. The number of anilines is 3. The minimum Gasteiger partial charge on any atom is -0.551 e. The number of para-hydroxylation sites is 5. The zero-order valence-corrected chi connectivity index (χ0v) is 21.7. The van der Waals surface area contributed by atoms with E-state index in [2.05, 4.69) is 149 Å². The summed E-state index contributed by atoms with van der Waals surface area (Å²) in [5.41, 5.74) is 11.8. The van der Waals surface area contributed by atoms with Crippen molar-refractivity contribution in [3.63, 3.8) is 0 Å². The van der Waals surface area contributed by atoms with Crippen LogP contribution in [0.3, 0.4) is 0 Å². The van der Waals surface area contributed by atoms with Crippen LogP contribution in [-0.2, 0) is 0 Å². The Morgan fingerprint density at radius 1 is 0.550 bits per heavy atom. The molecule has 0 spiro atoms. The van der Waals surface area contributed by atoms with Crippen molar-refractivity contribution in [3.05, 3.63) is 140 Å². The van der Waals surface area contributed by atoms with Gasteiger partial charge in [-0.2, -0.15) is 0 Å². The van der Waals surface area contributed by atoms with Gasteiger partial charge in [-0.15, -0.1) is 0 Å². The molecule has 186 valence electrons. The van der Waals surface area contributed by atoms with Crippen LogP contribution in [0.25, 0.3) is 38.6 Å². The smallest absolute Gasteiger partial charge is 0.431 e. The Kier molecular flexibility index (Phi) is 4.41. The van der Waals surface area contributed by atoms with Gasteiger partial charge < -0.3 is 14.1 Å². The third kappa shape index (κ3) is 2.85. The van der Waals surface area contributed by atoms with Gasteiger partial charge in [-0.1, -0.05) is 91.0 Å². The third-order valence-electron chi connectivity index (χ3n) is 8.37. The first-order valence-electron chi connectivity index (χ1n) is 13.7. The Morgan fingerprint density at radius 3 is 2.08 bits per heavy atom. The zero-order chi connectivity index (χ0) is 26.2. The van der Waals surface area contributed by atoms with Crippen LogP contribution in [0.1, 0.15) is 0 Å². The summed E-state index contributed by atoms with van der Waals surface area (Å²) in [6.45, 7) is -0.195. The summed E-state index contributed by atoms with van der Waals surface area (Å²) in [7, 11) is 0. The van der Waals surface area contributed by atoms with Crippen molar-refractivity contribution in [2.75, 3.05) is 4.90 Å². The molecule has 0 atom stereocenters. The zero-order valence-electron chi connectivity index (χ0n) is 21.7. The molecule has 0 aliphatic carbocycles. The van der Waals surface area contributed by atoms with Gasteiger partial charge in [-0.3, -0.25) is 0 Å². The van der Waals surface area contributed by atoms with E-state index in [9.17, 15) is 0 Å². The molecule has 9 rings (SSSR count). The first-order chi connectivity index (χ1) is 19.9. The number of rotatable bonds is 2. The molecule has 0 amide bonds. The van der Waals surface area contributed by atoms with Gasteiger partial charge in [-0.25, -0.2) is 0 Å². The van der Waals surface area contributed by atoms with Crippen molar-refractivity contribution in [2.24, 2.45) is 0 Å². The molecule has 1 aromatic heterocycles. The molecule has 4 heteroatoms. The Hall–Kier alpha value is -5.22. The highest BCUT2D eigenvalue weighted by atomic mass is 16.4. The summed E-state index contributed by atoms with van der Waals surface area (Å²) in [6, 6.07) is 49.7. The fraction of sp³-hybridized carbons (Fsp3) is 0. The van der Waals surface area contributed by atoms with E-state index in [1.807, 2.05) is 0 Å². The largest absolute Gasteiger partial charge is 0.551 e. The molecular weight excluding hydrogens is 487 g/mol. The summed E-state index contributed by atoms with van der Waals surface area (Å²) in [4.78, 5) is 2.41. The minimum atomic E-state index is -0.195. The molecule has 6 aromatic carbocycles. The second-order valence-corrected chi connectivity index (χ2v) is 10.5. The van der Waals surface area contributed by atoms with E-state index in [0.717, 1.165) is 34.1 Å². The van der Waals surface area contributed by atoms with Crippen molar-refractivity contribution in [1.82, 2.24) is 4.57 Å². The van der Waals surface area contributed by atoms with Crippen LogP contribution in [0.5, 0.6) is 5.75 Å². The summed E-state index contributed by atoms with van der Waals surface area (Å²) in [6.07, 6.45) is 0. The lowest BCUT2D eigenvalue weighted by Gasteiger charge is -2.40. The van der Waals surface area contributed by atoms with Crippen LogP contribution in [0.15, 0.2) is 140 Å². The molecule has 0 bridgehead atoms. The van der Waals surface area contributed by atoms with E-state index >= 15 is 0 Å². The highest BCUT2D eigenvalue weighted by Gasteiger charge is 2.43. The number of aromatic nitrogens is 1. The van der Waals surface area contributed by atoms with Gasteiger partial charge in [0.15, 0.2) is 0 Å². The van der Waals surface area contributed by atoms with Crippen molar-refractivity contribution < 1.29 is 4.65 Å². The van der Waals surface area contributed by atoms with E-state index < -0.39 is 0 Å². The maximum absolute atomic E-state index is 6.87. The van der Waals surface area contributed by atoms with Crippen molar-refractivity contribution in [1.29, 1.82) is 0 Å². The van der Waals surface area contributed by atoms with Crippen molar-refractivity contribution in [2.45, 2.75) is 0 Å². The highest BCUT2D eigenvalue weighted by molar-refractivity contribution is 6.86. The van der Waals surface area contributed by atoms with Gasteiger partial charge in [0.05, 0.1) is 11.0 Å². The standard InChI is InChI=1S/C36H23BN2O/c1-3-13-24(14-4-1)38-29-20-10-7-17-26(29)34-31(38)23-32-36-35(34)27-18-8-12-22-33(27)40-37(36)28-19-9-11-21-30(28)39(32)25-15-5-2-6-16-25/h1-23H. The van der Waals surface area contributed by atoms with Crippen molar-refractivity contribution >= 4 is 56.7 Å². The van der Waals surface area contributed by atoms with Crippen LogP contribution < -0.4 is 20.5 Å². The molecular formula is C36H23BN2O. The lowest BCUT2D eigenvalue weighted by Crippen LogP contribution is -2.56. The number of benzene rings is 6. The van der Waals surface area contributed by atoms with Crippen LogP contribution >= 0.6 is 0 Å². The molecule has 0 N–H and O–H groups in total. The highest BCUT2D eigenvalue weighted by Crippen LogP contribution is 2.48. The Labute approximate surface area is 232 Å². The number of hydrogen-bond acceptors (Lipinski definition) is 2. The van der Waals surface area contributed by atoms with Gasteiger partial charge in [0.1, 0.15) is 5.75 Å². The second-order valence-electron chi connectivity index (χ2n) is 10.5. The van der Waals surface area contributed by atoms with Crippen molar-refractivity contribution in [3.8, 4) is 22.6 Å². The maximum Gasteiger partial charge on any atom is 0.431 e. The predicted octanol–water partition coefficient (Wildman–Crippen LogP) is 7.73. The van der Waals surface area contributed by atoms with E-state index in [-0.39, 0.29) is 6.92 Å². The Bertz CT molecular complexity index is 2100. The molecule has 2 aliphatic heterocycles. The molecule has 40 heavy (non-hydrogen) atoms. The lowest BCUT2D eigenvalue weighted by molar-refractivity contribution is 0.590. The molecule has 0 saturated heterocycles. The third-order valence-corrected chi connectivity index (χ3v) is 8.37. The van der Waals surface area contributed by atoms with Gasteiger partial charge in [0, 0.05) is 44.5 Å². The van der Waals surface area contributed by atoms with Gasteiger partial charge in [0.25, 0.3) is 0 Å². The molecule has 0 fully saturated rings. The summed E-state index contributed by atoms with van der Waals surface area (Å²) in [5.74, 6) is 0.929. The predicted molar refractivity (Wildman–Crippen MR) is 167 cm³/mol. The van der Waals surface area contributed by atoms with E-state index in [0.29, 0.717) is 0 Å². The Morgan fingerprint density at radius 2 is 1.23 bits per heavy atom. The van der Waals surface area contributed by atoms with Crippen LogP contribution in [-0.4, -0.2) is 11.5 Å². The average Bonchev–Trinajstić information content (AvgIpc) is 3.36. The first kappa shape index (κ1) is 21.7. The maximum atomic E-state index is 6.87. The van der Waals surface area contributed by atoms with E-state index in [1.54, 1.807) is 0 Å². The molecule has 3 nitrogen and oxygen atoms in total. The normalized spacial score (nSPS) is 13.1. The molecule has 3 heterocycles. The van der Waals surface area contributed by atoms with Crippen LogP contribution in [0.4, 0.5) is 17.1 Å². The lowest BCUT2D eigenvalue weighted by atomic mass is 9.49. The molecule has 0 radical (unpaired) electrons. The summed E-state index contributed by atoms with van der Waals surface area (Å²) < 4.78 is 9.28. The van der Waals surface area contributed by atoms with Gasteiger partial charge in [-0.05, 0) is 59.6 Å². The number of nitrogens with zero attached hydrogens (tertiary/aromatic N) is 2. The first-order valence-corrected chi connectivity index (χ1v) is 13.7. The summed E-state index contributed by atoms with van der Waals surface area (Å²) in [5, 5.41) is 2.52. The van der Waals surface area contributed by atoms with Crippen LogP contribution in [0.2, 0.25) is 0 Å². The van der Waals surface area contributed by atoms with E-state index in [4.69, 9.17) is 4.65 Å².